The maximum Gasteiger partial charge on any atom is 0.266 e. The van der Waals surface area contributed by atoms with Crippen LogP contribution in [0.1, 0.15) is 17.7 Å². The average Bonchev–Trinajstić information content (AvgIpc) is 2.81. The number of halogens is 2. The van der Waals surface area contributed by atoms with Crippen LogP contribution in [0.25, 0.3) is 0 Å². The topological polar surface area (TPSA) is 53.9 Å². The van der Waals surface area contributed by atoms with Crippen molar-refractivity contribution in [1.29, 1.82) is 0 Å². The molecule has 0 aliphatic carbocycles. The summed E-state index contributed by atoms with van der Waals surface area (Å²) in [6.07, 6.45) is 3.14. The van der Waals surface area contributed by atoms with Crippen molar-refractivity contribution in [3.63, 3.8) is 0 Å². The van der Waals surface area contributed by atoms with Crippen LogP contribution in [-0.2, 0) is 0 Å². The minimum atomic E-state index is -2.64. The Hall–Kier alpha value is -2.31. The number of anilines is 3. The van der Waals surface area contributed by atoms with Gasteiger partial charge in [0.25, 0.3) is 5.92 Å². The van der Waals surface area contributed by atoms with Gasteiger partial charge < -0.3 is 10.2 Å². The van der Waals surface area contributed by atoms with E-state index in [0.29, 0.717) is 24.0 Å². The van der Waals surface area contributed by atoms with E-state index < -0.39 is 5.92 Å². The molecule has 5 nitrogen and oxygen atoms in total. The normalized spacial score (nSPS) is 16.8. The summed E-state index contributed by atoms with van der Waals surface area (Å²) in [6.45, 7) is 3.79. The van der Waals surface area contributed by atoms with Crippen molar-refractivity contribution in [2.75, 3.05) is 23.3 Å². The van der Waals surface area contributed by atoms with E-state index in [1.54, 1.807) is 17.3 Å². The third kappa shape index (κ3) is 3.29. The van der Waals surface area contributed by atoms with E-state index in [-0.39, 0.29) is 13.0 Å². The summed E-state index contributed by atoms with van der Waals surface area (Å²) in [5.74, 6) is -0.939. The summed E-state index contributed by atoms with van der Waals surface area (Å²) < 4.78 is 26.7. The average molecular weight is 305 g/mol. The molecular formula is C15H17F2N5. The molecule has 0 spiro atoms. The van der Waals surface area contributed by atoms with E-state index in [9.17, 15) is 8.78 Å². The first-order valence-corrected chi connectivity index (χ1v) is 7.08. The second-order valence-corrected chi connectivity index (χ2v) is 5.58. The zero-order valence-electron chi connectivity index (χ0n) is 12.5. The molecule has 1 saturated heterocycles. The van der Waals surface area contributed by atoms with Gasteiger partial charge in [0.2, 0.25) is 0 Å². The van der Waals surface area contributed by atoms with Crippen molar-refractivity contribution in [1.82, 2.24) is 15.0 Å². The van der Waals surface area contributed by atoms with Crippen LogP contribution < -0.4 is 10.2 Å². The Balaban J connectivity index is 1.82. The molecule has 116 valence electrons. The molecule has 0 atom stereocenters. The first kappa shape index (κ1) is 14.6. The molecule has 1 aliphatic rings. The number of hydrogen-bond acceptors (Lipinski definition) is 5. The highest BCUT2D eigenvalue weighted by molar-refractivity contribution is 5.56. The van der Waals surface area contributed by atoms with E-state index in [2.05, 4.69) is 20.3 Å². The summed E-state index contributed by atoms with van der Waals surface area (Å²) in [4.78, 5) is 14.4. The van der Waals surface area contributed by atoms with E-state index in [0.717, 1.165) is 11.3 Å². The lowest BCUT2D eigenvalue weighted by molar-refractivity contribution is 0.0256. The molecule has 0 radical (unpaired) electrons. The van der Waals surface area contributed by atoms with Crippen LogP contribution in [0.15, 0.2) is 24.5 Å². The second kappa shape index (κ2) is 5.47. The van der Waals surface area contributed by atoms with Crippen LogP contribution in [0.5, 0.6) is 0 Å². The van der Waals surface area contributed by atoms with Gasteiger partial charge in [0.05, 0.1) is 24.6 Å². The molecule has 7 heteroatoms. The van der Waals surface area contributed by atoms with Gasteiger partial charge >= 0.3 is 0 Å². The van der Waals surface area contributed by atoms with Crippen LogP contribution in [0, 0.1) is 13.8 Å². The zero-order chi connectivity index (χ0) is 15.7. The minimum absolute atomic E-state index is 0.130. The lowest BCUT2D eigenvalue weighted by Gasteiger charge is -2.18. The Bertz CT molecular complexity index is 672. The van der Waals surface area contributed by atoms with Gasteiger partial charge in [0.15, 0.2) is 0 Å². The molecule has 22 heavy (non-hydrogen) atoms. The van der Waals surface area contributed by atoms with Crippen molar-refractivity contribution < 1.29 is 8.78 Å². The minimum Gasteiger partial charge on any atom is -0.350 e. The summed E-state index contributed by atoms with van der Waals surface area (Å²) in [5, 5.41) is 3.06. The van der Waals surface area contributed by atoms with Gasteiger partial charge in [0, 0.05) is 13.0 Å². The van der Waals surface area contributed by atoms with Gasteiger partial charge in [-0.2, -0.15) is 0 Å². The molecular weight excluding hydrogens is 288 g/mol. The van der Waals surface area contributed by atoms with Crippen molar-refractivity contribution in [3.05, 3.63) is 35.8 Å². The molecule has 0 saturated carbocycles. The number of pyridine rings is 1. The smallest absolute Gasteiger partial charge is 0.266 e. The Morgan fingerprint density at radius 3 is 2.59 bits per heavy atom. The summed E-state index contributed by atoms with van der Waals surface area (Å²) >= 11 is 0. The second-order valence-electron chi connectivity index (χ2n) is 5.58. The molecule has 3 heterocycles. The standard InChI is InChI=1S/C15H17F2N5/c1-10-5-12(20-13-8-18-11(2)7-19-13)21-14(6-10)22-4-3-15(16,17)9-22/h5-8H,3-4,9H2,1-2H3,(H,19,20,21). The number of rotatable bonds is 3. The summed E-state index contributed by atoms with van der Waals surface area (Å²) in [7, 11) is 0. The molecule has 2 aromatic heterocycles. The fraction of sp³-hybridized carbons (Fsp3) is 0.400. The molecule has 0 bridgehead atoms. The van der Waals surface area contributed by atoms with Crippen molar-refractivity contribution in [2.45, 2.75) is 26.2 Å². The fourth-order valence-electron chi connectivity index (χ4n) is 2.39. The number of alkyl halides is 2. The number of nitrogens with zero attached hydrogens (tertiary/aromatic N) is 4. The van der Waals surface area contributed by atoms with Crippen LogP contribution in [0.2, 0.25) is 0 Å². The van der Waals surface area contributed by atoms with Gasteiger partial charge in [-0.1, -0.05) is 0 Å². The highest BCUT2D eigenvalue weighted by atomic mass is 19.3. The zero-order valence-corrected chi connectivity index (χ0v) is 12.5. The van der Waals surface area contributed by atoms with Crippen LogP contribution in [-0.4, -0.2) is 34.0 Å². The molecule has 2 aromatic rings. The van der Waals surface area contributed by atoms with Crippen LogP contribution in [0.4, 0.5) is 26.2 Å². The highest BCUT2D eigenvalue weighted by Gasteiger charge is 2.38. The predicted octanol–water partition coefficient (Wildman–Crippen LogP) is 3.08. The lowest BCUT2D eigenvalue weighted by Crippen LogP contribution is -2.25. The van der Waals surface area contributed by atoms with Crippen molar-refractivity contribution >= 4 is 17.5 Å². The third-order valence-electron chi connectivity index (χ3n) is 3.49. The molecule has 0 unspecified atom stereocenters. The maximum atomic E-state index is 13.4. The number of aromatic nitrogens is 3. The van der Waals surface area contributed by atoms with E-state index in [4.69, 9.17) is 0 Å². The number of nitrogens with one attached hydrogen (secondary N) is 1. The Kier molecular flexibility index (Phi) is 3.64. The van der Waals surface area contributed by atoms with Crippen LogP contribution in [0.3, 0.4) is 0 Å². The molecule has 1 fully saturated rings. The number of aryl methyl sites for hydroxylation is 2. The van der Waals surface area contributed by atoms with E-state index in [1.807, 2.05) is 26.0 Å². The highest BCUT2D eigenvalue weighted by Crippen LogP contribution is 2.31. The fourth-order valence-corrected chi connectivity index (χ4v) is 2.39. The maximum absolute atomic E-state index is 13.4. The van der Waals surface area contributed by atoms with Crippen molar-refractivity contribution in [2.24, 2.45) is 0 Å². The molecule has 0 aromatic carbocycles. The predicted molar refractivity (Wildman–Crippen MR) is 80.8 cm³/mol. The summed E-state index contributed by atoms with van der Waals surface area (Å²) in [5.41, 5.74) is 1.77. The van der Waals surface area contributed by atoms with Gasteiger partial charge in [-0.3, -0.25) is 4.98 Å². The first-order valence-electron chi connectivity index (χ1n) is 7.08. The van der Waals surface area contributed by atoms with E-state index in [1.165, 1.54) is 0 Å². The van der Waals surface area contributed by atoms with Crippen molar-refractivity contribution in [3.8, 4) is 0 Å². The molecule has 1 aliphatic heterocycles. The Morgan fingerprint density at radius 2 is 1.95 bits per heavy atom. The lowest BCUT2D eigenvalue weighted by atomic mass is 10.2. The Labute approximate surface area is 127 Å². The first-order chi connectivity index (χ1) is 10.4. The third-order valence-corrected chi connectivity index (χ3v) is 3.49. The monoisotopic (exact) mass is 305 g/mol. The number of hydrogen-bond donors (Lipinski definition) is 1. The SMILES string of the molecule is Cc1cc(Nc2cnc(C)cn2)nc(N2CCC(F)(F)C2)c1. The van der Waals surface area contributed by atoms with Gasteiger partial charge in [0.1, 0.15) is 17.5 Å². The van der Waals surface area contributed by atoms with Gasteiger partial charge in [-0.05, 0) is 31.5 Å². The molecule has 0 amide bonds. The molecule has 3 rings (SSSR count). The summed E-state index contributed by atoms with van der Waals surface area (Å²) in [6, 6.07) is 3.66. The van der Waals surface area contributed by atoms with Gasteiger partial charge in [-0.15, -0.1) is 0 Å². The van der Waals surface area contributed by atoms with Gasteiger partial charge in [-0.25, -0.2) is 18.7 Å². The van der Waals surface area contributed by atoms with Crippen LogP contribution >= 0.6 is 0 Å². The largest absolute Gasteiger partial charge is 0.350 e. The Morgan fingerprint density at radius 1 is 1.14 bits per heavy atom. The van der Waals surface area contributed by atoms with E-state index >= 15 is 0 Å². The molecule has 1 N–H and O–H groups in total. The quantitative estimate of drug-likeness (QED) is 0.944.